The third kappa shape index (κ3) is 20.5. The van der Waals surface area contributed by atoms with Crippen LogP contribution in [0.5, 0.6) is 15.2 Å². The van der Waals surface area contributed by atoms with Gasteiger partial charge in [-0.3, -0.25) is 33.8 Å². The molecule has 11 nitrogen and oxygen atoms in total. The fourth-order valence-corrected chi connectivity index (χ4v) is 15.1. The second-order valence-corrected chi connectivity index (χ2v) is 25.6. The zero-order valence-corrected chi connectivity index (χ0v) is 59.3. The van der Waals surface area contributed by atoms with Crippen LogP contribution >= 0.6 is 72.5 Å². The molecule has 1 fully saturated rings. The number of quaternary nitrogens is 1. The van der Waals surface area contributed by atoms with E-state index in [-0.39, 0.29) is 147 Å². The second-order valence-electron chi connectivity index (χ2n) is 20.4. The maximum atomic E-state index is 14.5. The third-order valence-electron chi connectivity index (χ3n) is 14.6. The Kier molecular flexibility index (Phi) is 35.0. The summed E-state index contributed by atoms with van der Waals surface area (Å²) in [5.41, 5.74) is 4.73. The van der Waals surface area contributed by atoms with Gasteiger partial charge in [0.2, 0.25) is 0 Å². The van der Waals surface area contributed by atoms with Crippen LogP contribution in [0.1, 0.15) is 148 Å². The van der Waals surface area contributed by atoms with Gasteiger partial charge in [-0.05, 0) is 84.6 Å². The monoisotopic (exact) mass is 1650 g/mol. The van der Waals surface area contributed by atoms with Crippen molar-refractivity contribution in [3.05, 3.63) is 169 Å². The van der Waals surface area contributed by atoms with E-state index < -0.39 is 18.1 Å². The van der Waals surface area contributed by atoms with E-state index in [1.165, 1.54) is 65.2 Å². The molecule has 86 heavy (non-hydrogen) atoms. The number of allylic oxidation sites excluding steroid dienone is 1. The van der Waals surface area contributed by atoms with E-state index in [0.717, 1.165) is 93.9 Å². The van der Waals surface area contributed by atoms with Gasteiger partial charge in [-0.25, -0.2) is 13.2 Å². The van der Waals surface area contributed by atoms with Gasteiger partial charge in [-0.15, -0.1) is 34.0 Å². The summed E-state index contributed by atoms with van der Waals surface area (Å²) in [6, 6.07) is 24.0. The van der Waals surface area contributed by atoms with Gasteiger partial charge >= 0.3 is 41.5 Å². The number of thiophene rings is 3. The summed E-state index contributed by atoms with van der Waals surface area (Å²) >= 11 is 10.2. The maximum Gasteiger partial charge on any atom is 1.00 e. The minimum Gasteiger partial charge on any atom is -1.00 e. The molecule has 1 saturated heterocycles. The van der Waals surface area contributed by atoms with Gasteiger partial charge in [0.15, 0.2) is 38.6 Å². The molecule has 1 spiro atoms. The molecular formula is C64H77BrF3I3N3NaO8S3. The molecule has 3 aromatic carbocycles. The Morgan fingerprint density at radius 2 is 1.09 bits per heavy atom. The molecule has 4 unspecified atom stereocenters. The largest absolute Gasteiger partial charge is 1.00 e. The van der Waals surface area contributed by atoms with Crippen molar-refractivity contribution < 1.29 is 133 Å². The number of rotatable bonds is 17. The van der Waals surface area contributed by atoms with Crippen molar-refractivity contribution in [3.63, 3.8) is 0 Å². The van der Waals surface area contributed by atoms with Crippen LogP contribution in [0, 0.1) is 17.5 Å². The molecule has 22 heteroatoms. The predicted octanol–water partition coefficient (Wildman–Crippen LogP) is 7.05. The van der Waals surface area contributed by atoms with Crippen LogP contribution in [0.2, 0.25) is 0 Å². The molecule has 3 aromatic heterocycles. The Morgan fingerprint density at radius 1 is 0.651 bits per heavy atom. The van der Waals surface area contributed by atoms with Crippen molar-refractivity contribution in [3.8, 4) is 15.2 Å². The van der Waals surface area contributed by atoms with Gasteiger partial charge in [-0.1, -0.05) is 116 Å². The number of fused-ring (bicyclic) bond motifs is 3. The van der Waals surface area contributed by atoms with Crippen molar-refractivity contribution in [2.75, 3.05) is 35.9 Å². The van der Waals surface area contributed by atoms with E-state index in [1.54, 1.807) is 59.9 Å². The SMILES string of the molecule is C.C.C.C=C(C)Oc1cc2c(s1)CC[N+]1(CCCC(=O)C1c1ccccc1F)C2.CC(=O)Oc1cc2c(s1)CCN(C(C(=O)CCCBr)c1ccccc1F)C2.CC(=O)Oc1cc2c(s1)CCN(C(C(=O)CCCI)c1ccccc1F)C2.[I-].[I-].[Na+]. The summed E-state index contributed by atoms with van der Waals surface area (Å²) < 4.78 is 61.1. The van der Waals surface area contributed by atoms with Crippen LogP contribution in [-0.4, -0.2) is 79.5 Å². The molecule has 7 heterocycles. The van der Waals surface area contributed by atoms with Gasteiger partial charge in [0, 0.05) is 115 Å². The predicted molar refractivity (Wildman–Crippen MR) is 340 cm³/mol. The average molecular weight is 1650 g/mol. The number of halogens is 7. The molecule has 0 saturated carbocycles. The third-order valence-corrected chi connectivity index (χ3v) is 19.3. The molecule has 4 aliphatic heterocycles. The molecule has 464 valence electrons. The van der Waals surface area contributed by atoms with Crippen LogP contribution in [0.3, 0.4) is 0 Å². The summed E-state index contributed by atoms with van der Waals surface area (Å²) in [4.78, 5) is 68.8. The van der Waals surface area contributed by atoms with E-state index in [2.05, 4.69) is 51.2 Å². The number of nitrogens with zero attached hydrogens (tertiary/aromatic N) is 3. The van der Waals surface area contributed by atoms with Crippen molar-refractivity contribution in [2.45, 2.75) is 139 Å². The number of hydrogen-bond acceptors (Lipinski definition) is 13. The van der Waals surface area contributed by atoms with E-state index in [1.807, 2.05) is 34.9 Å². The van der Waals surface area contributed by atoms with Crippen molar-refractivity contribution in [1.82, 2.24) is 9.80 Å². The number of hydrogen-bond donors (Lipinski definition) is 0. The fourth-order valence-electron chi connectivity index (χ4n) is 11.2. The molecule has 4 aliphatic rings. The smallest absolute Gasteiger partial charge is 1.00 e. The van der Waals surface area contributed by atoms with Gasteiger partial charge in [0.25, 0.3) is 0 Å². The fraction of sp³-hybridized carbons (Fsp3) is 0.422. The number of ether oxygens (including phenoxy) is 3. The number of benzene rings is 3. The minimum atomic E-state index is -0.601. The van der Waals surface area contributed by atoms with E-state index in [9.17, 15) is 37.1 Å². The Morgan fingerprint density at radius 3 is 1.55 bits per heavy atom. The van der Waals surface area contributed by atoms with Gasteiger partial charge in [0.1, 0.15) is 24.0 Å². The molecule has 0 amide bonds. The summed E-state index contributed by atoms with van der Waals surface area (Å²) in [7, 11) is 0. The molecule has 4 atom stereocenters. The summed E-state index contributed by atoms with van der Waals surface area (Å²) in [6.07, 6.45) is 6.17. The molecule has 0 aliphatic carbocycles. The first-order valence-electron chi connectivity index (χ1n) is 26.8. The summed E-state index contributed by atoms with van der Waals surface area (Å²) in [6.45, 7) is 13.3. The molecule has 0 bridgehead atoms. The van der Waals surface area contributed by atoms with Gasteiger partial charge < -0.3 is 66.6 Å². The van der Waals surface area contributed by atoms with Crippen molar-refractivity contribution >= 4 is 102 Å². The normalized spacial score (nSPS) is 17.2. The standard InChI is InChI=1S/C21H23FNO2S.C20H21BrFNO3S.C20H21FINO3S.3CH4.2HI.Na/c1-14(2)25-20-12-15-13-23(11-9-19(15)26-20)10-5-8-18(24)21(23)16-6-3-4-7-17(16)22;1-13(24)26-19-11-14-12-23(10-8-18(14)27-19)20(17(25)7-4-9-21)15-5-2-3-6-16(15)22;1-13(24)26-19-11-14-12-23(10-8-18(14)27-19)20(17(25)7-4-9-22)15-5-2-3-6-16(15)21;;;;;;/h3-4,6-7,12,21H,1,5,8-11,13H2,2H3;2*2-3,5-6,11,20H,4,7-10,12H2,1H3;3*1H4;2*1H;/q+1;;;;;;;;+1/p-2. The van der Waals surface area contributed by atoms with Gasteiger partial charge in [0.05, 0.1) is 36.5 Å². The number of piperidine rings is 1. The quantitative estimate of drug-likeness (QED) is 0.0235. The first kappa shape index (κ1) is 79.7. The zero-order chi connectivity index (χ0) is 57.1. The van der Waals surface area contributed by atoms with Crippen LogP contribution < -0.4 is 91.7 Å². The number of alkyl halides is 2. The molecule has 6 aromatic rings. The molecule has 0 N–H and O–H groups in total. The Labute approximate surface area is 596 Å². The van der Waals surface area contributed by atoms with E-state index in [4.69, 9.17) is 14.2 Å². The number of esters is 2. The topological polar surface area (TPSA) is 120 Å². The number of carbonyl (C=O) groups excluding carboxylic acids is 5. The van der Waals surface area contributed by atoms with Gasteiger partial charge in [-0.2, -0.15) is 0 Å². The maximum absolute atomic E-state index is 14.5. The Hall–Kier alpha value is -2.41. The van der Waals surface area contributed by atoms with Crippen LogP contribution in [0.25, 0.3) is 0 Å². The number of Topliss-reactive ketones (excluding diaryl/α,β-unsaturated/α-hetero) is 3. The molecule has 0 radical (unpaired) electrons. The summed E-state index contributed by atoms with van der Waals surface area (Å²) in [5, 5.41) is 2.74. The summed E-state index contributed by atoms with van der Waals surface area (Å²) in [5.74, 6) is -0.748. The zero-order valence-electron chi connectivity index (χ0n) is 46.8. The first-order chi connectivity index (χ1) is 38.5. The molecule has 10 rings (SSSR count). The first-order valence-corrected chi connectivity index (χ1v) is 31.9. The van der Waals surface area contributed by atoms with Crippen LogP contribution in [0.4, 0.5) is 13.2 Å². The Balaban J connectivity index is 0.000000425. The second kappa shape index (κ2) is 37.8. The van der Waals surface area contributed by atoms with Crippen molar-refractivity contribution in [2.24, 2.45) is 0 Å². The number of carbonyl (C=O) groups is 5. The minimum absolute atomic E-state index is 0. The van der Waals surface area contributed by atoms with E-state index in [0.29, 0.717) is 82.5 Å². The average Bonchev–Trinajstić information content (AvgIpc) is 1.26. The number of ketones is 3. The van der Waals surface area contributed by atoms with Crippen molar-refractivity contribution in [1.29, 1.82) is 0 Å². The van der Waals surface area contributed by atoms with Crippen LogP contribution in [0.15, 0.2) is 103 Å². The van der Waals surface area contributed by atoms with E-state index >= 15 is 0 Å². The van der Waals surface area contributed by atoms with Crippen LogP contribution in [-0.2, 0) is 62.9 Å². The molecular weight excluding hydrogens is 1580 g/mol. The Bertz CT molecular complexity index is 3100.